The summed E-state index contributed by atoms with van der Waals surface area (Å²) in [6.07, 6.45) is 2.68. The van der Waals surface area contributed by atoms with Crippen molar-refractivity contribution in [3.05, 3.63) is 11.6 Å². The molecular formula is C23H39NO7. The molecule has 8 heteroatoms. The van der Waals surface area contributed by atoms with E-state index < -0.39 is 18.4 Å². The highest BCUT2D eigenvalue weighted by molar-refractivity contribution is 5.75. The third kappa shape index (κ3) is 5.15. The fourth-order valence-corrected chi connectivity index (χ4v) is 5.11. The Labute approximate surface area is 185 Å². The van der Waals surface area contributed by atoms with E-state index in [4.69, 9.17) is 23.7 Å². The van der Waals surface area contributed by atoms with Crippen molar-refractivity contribution < 1.29 is 33.6 Å². The second-order valence-corrected chi connectivity index (χ2v) is 9.82. The zero-order chi connectivity index (χ0) is 23.0. The molecule has 8 nitrogen and oxygen atoms in total. The van der Waals surface area contributed by atoms with Gasteiger partial charge < -0.3 is 28.8 Å². The van der Waals surface area contributed by atoms with Gasteiger partial charge in [-0.05, 0) is 46.0 Å². The predicted molar refractivity (Wildman–Crippen MR) is 114 cm³/mol. The van der Waals surface area contributed by atoms with Gasteiger partial charge >= 0.3 is 5.97 Å². The van der Waals surface area contributed by atoms with Gasteiger partial charge in [0.25, 0.3) is 0 Å². The minimum Gasteiger partial charge on any atom is -0.468 e. The van der Waals surface area contributed by atoms with Crippen LogP contribution in [0.15, 0.2) is 11.6 Å². The fourth-order valence-electron chi connectivity index (χ4n) is 5.11. The lowest BCUT2D eigenvalue weighted by Gasteiger charge is -2.43. The van der Waals surface area contributed by atoms with Crippen molar-refractivity contribution in [3.63, 3.8) is 0 Å². The maximum atomic E-state index is 12.0. The smallest absolute Gasteiger partial charge is 0.323 e. The first-order chi connectivity index (χ1) is 14.6. The number of aliphatic hydroxyl groups is 1. The maximum Gasteiger partial charge on any atom is 0.323 e. The van der Waals surface area contributed by atoms with Gasteiger partial charge in [-0.1, -0.05) is 25.5 Å². The monoisotopic (exact) mass is 441 g/mol. The molecule has 0 aromatic carbocycles. The average Bonchev–Trinajstić information content (AvgIpc) is 3.62. The van der Waals surface area contributed by atoms with E-state index in [1.165, 1.54) is 12.7 Å². The van der Waals surface area contributed by atoms with Crippen LogP contribution in [0.1, 0.15) is 53.9 Å². The van der Waals surface area contributed by atoms with Crippen LogP contribution < -0.4 is 5.32 Å². The molecule has 1 saturated carbocycles. The lowest BCUT2D eigenvalue weighted by atomic mass is 9.68. The number of nitrogens with one attached hydrogen (secondary N) is 1. The topological polar surface area (TPSA) is 102 Å². The molecule has 1 spiro atoms. The van der Waals surface area contributed by atoms with Crippen molar-refractivity contribution in [2.24, 2.45) is 11.8 Å². The molecular weight excluding hydrogens is 402 g/mol. The van der Waals surface area contributed by atoms with E-state index in [0.717, 1.165) is 12.8 Å². The van der Waals surface area contributed by atoms with Crippen LogP contribution in [0, 0.1) is 11.8 Å². The third-order valence-corrected chi connectivity index (χ3v) is 6.98. The maximum absolute atomic E-state index is 12.0. The second kappa shape index (κ2) is 9.45. The van der Waals surface area contributed by atoms with E-state index in [0.29, 0.717) is 13.0 Å². The van der Waals surface area contributed by atoms with E-state index in [2.05, 4.69) is 32.2 Å². The predicted octanol–water partition coefficient (Wildman–Crippen LogP) is 2.14. The number of epoxide rings is 2. The summed E-state index contributed by atoms with van der Waals surface area (Å²) >= 11 is 0. The van der Waals surface area contributed by atoms with Gasteiger partial charge in [-0.15, -0.1) is 0 Å². The molecule has 2 saturated heterocycles. The molecule has 1 aliphatic carbocycles. The Hall–Kier alpha value is -1.03. The van der Waals surface area contributed by atoms with E-state index >= 15 is 0 Å². The van der Waals surface area contributed by atoms with Gasteiger partial charge in [-0.3, -0.25) is 10.1 Å². The number of allylic oxidation sites excluding steroid dienone is 1. The Bertz CT molecular complexity index is 673. The lowest BCUT2D eigenvalue weighted by molar-refractivity contribution is -0.219. The van der Waals surface area contributed by atoms with Crippen molar-refractivity contribution in [2.45, 2.75) is 95.9 Å². The van der Waals surface area contributed by atoms with Gasteiger partial charge in [0.1, 0.15) is 11.6 Å². The van der Waals surface area contributed by atoms with Crippen LogP contribution in [-0.2, 0) is 28.5 Å². The second-order valence-electron chi connectivity index (χ2n) is 9.82. The molecule has 0 amide bonds. The van der Waals surface area contributed by atoms with E-state index in [9.17, 15) is 9.90 Å². The highest BCUT2D eigenvalue weighted by Crippen LogP contribution is 2.59. The number of methoxy groups -OCH3 is 2. The minimum absolute atomic E-state index is 0.00647. The third-order valence-electron chi connectivity index (χ3n) is 6.98. The zero-order valence-electron chi connectivity index (χ0n) is 19.8. The number of esters is 1. The molecule has 31 heavy (non-hydrogen) atoms. The van der Waals surface area contributed by atoms with Gasteiger partial charge in [-0.2, -0.15) is 0 Å². The average molecular weight is 442 g/mol. The molecule has 3 aliphatic rings. The number of ether oxygens (including phenoxy) is 5. The molecule has 178 valence electrons. The molecule has 8 atom stereocenters. The minimum atomic E-state index is -1.32. The lowest BCUT2D eigenvalue weighted by Crippen LogP contribution is -2.57. The first kappa shape index (κ1) is 24.6. The van der Waals surface area contributed by atoms with Crippen LogP contribution in [-0.4, -0.2) is 73.9 Å². The van der Waals surface area contributed by atoms with Crippen LogP contribution in [0.25, 0.3) is 0 Å². The van der Waals surface area contributed by atoms with Crippen LogP contribution in [0.2, 0.25) is 0 Å². The van der Waals surface area contributed by atoms with Gasteiger partial charge in [0.2, 0.25) is 6.41 Å². The van der Waals surface area contributed by atoms with E-state index in [1.54, 1.807) is 7.11 Å². The standard InChI is InChI=1S/C23H39NO7/c1-13(2)8-9-16-22(5,31-16)19-18(27-6)15(10-11-23(19)12-29-23)30-21(26)24-17(14(3)4)20(25)28-7/h8,14-19,21,24,26H,9-12H2,1-7H3/t15-,16-,17+,18-,19-,21+,22+,23+/m1/s1. The van der Waals surface area contributed by atoms with Gasteiger partial charge in [0.05, 0.1) is 43.5 Å². The highest BCUT2D eigenvalue weighted by Gasteiger charge is 2.72. The van der Waals surface area contributed by atoms with E-state index in [1.807, 2.05) is 13.8 Å². The molecule has 0 aromatic rings. The first-order valence-corrected chi connectivity index (χ1v) is 11.2. The number of carbonyl (C=O) groups is 1. The summed E-state index contributed by atoms with van der Waals surface area (Å²) in [5.74, 6) is -0.511. The molecule has 0 radical (unpaired) electrons. The summed E-state index contributed by atoms with van der Waals surface area (Å²) in [5.41, 5.74) is 0.651. The number of carbonyl (C=O) groups excluding carboxylic acids is 1. The molecule has 2 aliphatic heterocycles. The van der Waals surface area contributed by atoms with Crippen LogP contribution in [0.5, 0.6) is 0 Å². The number of hydrogen-bond donors (Lipinski definition) is 2. The molecule has 3 fully saturated rings. The molecule has 0 aromatic heterocycles. The molecule has 0 bridgehead atoms. The fraction of sp³-hybridized carbons (Fsp3) is 0.870. The van der Waals surface area contributed by atoms with Crippen LogP contribution in [0.4, 0.5) is 0 Å². The van der Waals surface area contributed by atoms with Gasteiger partial charge in [-0.25, -0.2) is 0 Å². The SMILES string of the molecule is COC(=O)[C@@H](N[C@@H](O)O[C@@H]1CC[C@]2(CO2)[C@@H]([C@@]2(C)O[C@@H]2CC=C(C)C)[C@@H]1OC)C(C)C. The first-order valence-electron chi connectivity index (χ1n) is 11.2. The summed E-state index contributed by atoms with van der Waals surface area (Å²) in [6.45, 7) is 10.7. The summed E-state index contributed by atoms with van der Waals surface area (Å²) in [5, 5.41) is 13.4. The quantitative estimate of drug-likeness (QED) is 0.230. The summed E-state index contributed by atoms with van der Waals surface area (Å²) in [7, 11) is 2.99. The zero-order valence-corrected chi connectivity index (χ0v) is 19.8. The van der Waals surface area contributed by atoms with E-state index in [-0.39, 0.29) is 41.3 Å². The summed E-state index contributed by atoms with van der Waals surface area (Å²) in [6, 6.07) is -0.670. The molecule has 0 unspecified atom stereocenters. The Kier molecular flexibility index (Phi) is 7.50. The van der Waals surface area contributed by atoms with Gasteiger partial charge in [0.15, 0.2) is 0 Å². The van der Waals surface area contributed by atoms with Crippen molar-refractivity contribution in [1.29, 1.82) is 0 Å². The summed E-state index contributed by atoms with van der Waals surface area (Å²) < 4.78 is 28.9. The van der Waals surface area contributed by atoms with Crippen molar-refractivity contribution >= 4 is 5.97 Å². The largest absolute Gasteiger partial charge is 0.468 e. The Morgan fingerprint density at radius 3 is 2.52 bits per heavy atom. The molecule has 2 heterocycles. The van der Waals surface area contributed by atoms with Crippen molar-refractivity contribution in [2.75, 3.05) is 20.8 Å². The Balaban J connectivity index is 1.70. The number of hydrogen-bond acceptors (Lipinski definition) is 8. The van der Waals surface area contributed by atoms with Crippen molar-refractivity contribution in [3.8, 4) is 0 Å². The Morgan fingerprint density at radius 1 is 1.32 bits per heavy atom. The highest BCUT2D eigenvalue weighted by atomic mass is 16.7. The molecule has 3 rings (SSSR count). The van der Waals surface area contributed by atoms with Crippen molar-refractivity contribution in [1.82, 2.24) is 5.32 Å². The van der Waals surface area contributed by atoms with Crippen LogP contribution in [0.3, 0.4) is 0 Å². The molecule has 2 N–H and O–H groups in total. The number of rotatable bonds is 10. The Morgan fingerprint density at radius 2 is 2.00 bits per heavy atom. The normalized spacial score (nSPS) is 38.6. The van der Waals surface area contributed by atoms with Crippen LogP contribution >= 0.6 is 0 Å². The summed E-state index contributed by atoms with van der Waals surface area (Å²) in [4.78, 5) is 12.0. The number of aliphatic hydroxyl groups excluding tert-OH is 1. The van der Waals surface area contributed by atoms with Gasteiger partial charge in [0, 0.05) is 7.11 Å².